The molecule has 5 rings (SSSR count). The number of amides is 1. The number of pyridine rings is 1. The standard InChI is InChI=1S/C33H38ClN5O4/c1-18(2)23-11-7-8-12-25(23)28-27(34)14-26-30(37-15-21(6)38(33(42)43)16-20(37)5)36-32(41)39(31(26)35-28)29-22(17-40)10-9-13-24(29)19(3)4/h7-14,18-21,40H,15-17H2,1-6H3,(H,42,43). The molecule has 3 heterocycles. The first kappa shape index (κ1) is 30.5. The quantitative estimate of drug-likeness (QED) is 0.262. The summed E-state index contributed by atoms with van der Waals surface area (Å²) in [5.41, 5.74) is 4.35. The Hall–Kier alpha value is -3.95. The Morgan fingerprint density at radius 2 is 1.65 bits per heavy atom. The summed E-state index contributed by atoms with van der Waals surface area (Å²) in [5, 5.41) is 21.1. The van der Waals surface area contributed by atoms with Crippen LogP contribution in [0.5, 0.6) is 0 Å². The average molecular weight is 604 g/mol. The summed E-state index contributed by atoms with van der Waals surface area (Å²) in [4.78, 5) is 39.1. The van der Waals surface area contributed by atoms with Crippen molar-refractivity contribution < 1.29 is 15.0 Å². The SMILES string of the molecule is CC(C)c1ccccc1-c1nc2c(cc1Cl)c(N1CC(C)N(C(=O)O)CC1C)nc(=O)n2-c1c(CO)cccc1C(C)C. The second kappa shape index (κ2) is 12.0. The maximum absolute atomic E-state index is 14.2. The Morgan fingerprint density at radius 3 is 2.30 bits per heavy atom. The van der Waals surface area contributed by atoms with Gasteiger partial charge >= 0.3 is 11.8 Å². The minimum atomic E-state index is -0.979. The molecule has 0 bridgehead atoms. The van der Waals surface area contributed by atoms with Crippen molar-refractivity contribution in [3.05, 3.63) is 80.7 Å². The van der Waals surface area contributed by atoms with Crippen LogP contribution in [0, 0.1) is 0 Å². The topological polar surface area (TPSA) is 112 Å². The molecule has 2 aromatic carbocycles. The van der Waals surface area contributed by atoms with E-state index in [1.807, 2.05) is 69.0 Å². The zero-order valence-corrected chi connectivity index (χ0v) is 26.1. The molecule has 0 aliphatic carbocycles. The van der Waals surface area contributed by atoms with Gasteiger partial charge in [-0.25, -0.2) is 19.1 Å². The van der Waals surface area contributed by atoms with Gasteiger partial charge in [-0.1, -0.05) is 81.8 Å². The van der Waals surface area contributed by atoms with E-state index < -0.39 is 11.8 Å². The van der Waals surface area contributed by atoms with Crippen molar-refractivity contribution in [3.8, 4) is 16.9 Å². The maximum atomic E-state index is 14.2. The molecule has 1 amide bonds. The number of benzene rings is 2. The molecule has 1 saturated heterocycles. The van der Waals surface area contributed by atoms with Gasteiger partial charge in [0.1, 0.15) is 5.82 Å². The van der Waals surface area contributed by atoms with E-state index in [-0.39, 0.29) is 37.1 Å². The van der Waals surface area contributed by atoms with Crippen LogP contribution in [0.1, 0.15) is 70.1 Å². The third-order valence-electron chi connectivity index (χ3n) is 8.31. The number of rotatable bonds is 6. The number of fused-ring (bicyclic) bond motifs is 1. The minimum Gasteiger partial charge on any atom is -0.465 e. The zero-order chi connectivity index (χ0) is 31.2. The Morgan fingerprint density at radius 1 is 0.977 bits per heavy atom. The second-order valence-corrected chi connectivity index (χ2v) is 12.3. The maximum Gasteiger partial charge on any atom is 0.407 e. The lowest BCUT2D eigenvalue weighted by Gasteiger charge is -2.43. The van der Waals surface area contributed by atoms with Crippen LogP contribution in [0.4, 0.5) is 10.6 Å². The molecule has 2 aromatic heterocycles. The third kappa shape index (κ3) is 5.47. The van der Waals surface area contributed by atoms with Crippen molar-refractivity contribution in [1.82, 2.24) is 19.4 Å². The van der Waals surface area contributed by atoms with Gasteiger partial charge in [0.05, 0.1) is 28.4 Å². The van der Waals surface area contributed by atoms with E-state index in [0.717, 1.165) is 16.7 Å². The Labute approximate surface area is 256 Å². The summed E-state index contributed by atoms with van der Waals surface area (Å²) in [6, 6.07) is 14.8. The fourth-order valence-electron chi connectivity index (χ4n) is 6.10. The molecule has 43 heavy (non-hydrogen) atoms. The molecular weight excluding hydrogens is 566 g/mol. The first-order valence-corrected chi connectivity index (χ1v) is 15.0. The first-order chi connectivity index (χ1) is 20.4. The molecule has 1 aliphatic rings. The van der Waals surface area contributed by atoms with Crippen LogP contribution >= 0.6 is 11.6 Å². The van der Waals surface area contributed by atoms with Crippen LogP contribution in [-0.4, -0.2) is 60.9 Å². The highest BCUT2D eigenvalue weighted by Crippen LogP contribution is 2.38. The smallest absolute Gasteiger partial charge is 0.407 e. The van der Waals surface area contributed by atoms with E-state index in [1.165, 1.54) is 9.47 Å². The minimum absolute atomic E-state index is 0.0431. The highest BCUT2D eigenvalue weighted by Gasteiger charge is 2.34. The van der Waals surface area contributed by atoms with Crippen LogP contribution in [-0.2, 0) is 6.61 Å². The van der Waals surface area contributed by atoms with Crippen LogP contribution < -0.4 is 10.6 Å². The summed E-state index contributed by atoms with van der Waals surface area (Å²) in [6.45, 7) is 12.4. The van der Waals surface area contributed by atoms with Gasteiger partial charge in [-0.05, 0) is 42.9 Å². The third-order valence-corrected chi connectivity index (χ3v) is 8.60. The first-order valence-electron chi connectivity index (χ1n) is 14.7. The van der Waals surface area contributed by atoms with Gasteiger partial charge in [0.15, 0.2) is 5.65 Å². The van der Waals surface area contributed by atoms with Crippen molar-refractivity contribution in [2.75, 3.05) is 18.0 Å². The van der Waals surface area contributed by atoms with Crippen molar-refractivity contribution in [2.45, 2.75) is 72.1 Å². The average Bonchev–Trinajstić information content (AvgIpc) is 2.97. The number of aliphatic hydroxyl groups excluding tert-OH is 1. The van der Waals surface area contributed by atoms with Gasteiger partial charge in [0.2, 0.25) is 0 Å². The molecule has 1 aliphatic heterocycles. The Kier molecular flexibility index (Phi) is 8.49. The molecule has 10 heteroatoms. The number of hydrogen-bond donors (Lipinski definition) is 2. The molecule has 0 spiro atoms. The number of aromatic nitrogens is 3. The Balaban J connectivity index is 1.87. The van der Waals surface area contributed by atoms with Gasteiger partial charge in [-0.2, -0.15) is 4.98 Å². The van der Waals surface area contributed by atoms with E-state index >= 15 is 0 Å². The van der Waals surface area contributed by atoms with E-state index in [0.29, 0.717) is 45.4 Å². The van der Waals surface area contributed by atoms with E-state index in [1.54, 1.807) is 6.07 Å². The lowest BCUT2D eigenvalue weighted by atomic mass is 9.95. The predicted molar refractivity (Wildman–Crippen MR) is 171 cm³/mol. The van der Waals surface area contributed by atoms with Gasteiger partial charge < -0.3 is 20.0 Å². The van der Waals surface area contributed by atoms with Crippen LogP contribution in [0.3, 0.4) is 0 Å². The molecule has 0 radical (unpaired) electrons. The summed E-state index contributed by atoms with van der Waals surface area (Å²) in [7, 11) is 0. The van der Waals surface area contributed by atoms with Gasteiger partial charge in [-0.15, -0.1) is 0 Å². The van der Waals surface area contributed by atoms with Crippen LogP contribution in [0.2, 0.25) is 5.02 Å². The van der Waals surface area contributed by atoms with Crippen molar-refractivity contribution in [2.24, 2.45) is 0 Å². The number of aliphatic hydroxyl groups is 1. The molecule has 2 unspecified atom stereocenters. The number of halogens is 1. The predicted octanol–water partition coefficient (Wildman–Crippen LogP) is 6.42. The number of carbonyl (C=O) groups is 1. The lowest BCUT2D eigenvalue weighted by Crippen LogP contribution is -2.58. The molecule has 2 N–H and O–H groups in total. The lowest BCUT2D eigenvalue weighted by molar-refractivity contribution is 0.114. The Bertz CT molecular complexity index is 1750. The monoisotopic (exact) mass is 603 g/mol. The molecule has 0 saturated carbocycles. The van der Waals surface area contributed by atoms with Gasteiger partial charge in [0.25, 0.3) is 0 Å². The number of para-hydroxylation sites is 1. The number of carboxylic acid groups (broad SMARTS) is 1. The highest BCUT2D eigenvalue weighted by atomic mass is 35.5. The molecular formula is C33H38ClN5O4. The molecule has 9 nitrogen and oxygen atoms in total. The normalized spacial score (nSPS) is 17.3. The number of piperazine rings is 1. The summed E-state index contributed by atoms with van der Waals surface area (Å²) in [6.07, 6.45) is -0.979. The summed E-state index contributed by atoms with van der Waals surface area (Å²) in [5.74, 6) is 0.656. The number of nitrogens with zero attached hydrogens (tertiary/aromatic N) is 5. The molecule has 4 aromatic rings. The zero-order valence-electron chi connectivity index (χ0n) is 25.4. The summed E-state index contributed by atoms with van der Waals surface area (Å²) >= 11 is 7.01. The van der Waals surface area contributed by atoms with Crippen LogP contribution in [0.15, 0.2) is 53.3 Å². The van der Waals surface area contributed by atoms with Crippen molar-refractivity contribution in [1.29, 1.82) is 0 Å². The molecule has 226 valence electrons. The van der Waals surface area contributed by atoms with Crippen LogP contribution in [0.25, 0.3) is 28.0 Å². The van der Waals surface area contributed by atoms with Crippen molar-refractivity contribution >= 4 is 34.5 Å². The van der Waals surface area contributed by atoms with E-state index in [4.69, 9.17) is 16.6 Å². The fourth-order valence-corrected chi connectivity index (χ4v) is 6.35. The van der Waals surface area contributed by atoms with Gasteiger partial charge in [0, 0.05) is 36.3 Å². The van der Waals surface area contributed by atoms with Crippen molar-refractivity contribution in [3.63, 3.8) is 0 Å². The number of hydrogen-bond acceptors (Lipinski definition) is 6. The van der Waals surface area contributed by atoms with E-state index in [9.17, 15) is 19.8 Å². The van der Waals surface area contributed by atoms with E-state index in [2.05, 4.69) is 24.9 Å². The largest absolute Gasteiger partial charge is 0.465 e. The molecule has 1 fully saturated rings. The summed E-state index contributed by atoms with van der Waals surface area (Å²) < 4.78 is 1.50. The second-order valence-electron chi connectivity index (χ2n) is 11.9. The van der Waals surface area contributed by atoms with Gasteiger partial charge in [-0.3, -0.25) is 0 Å². The molecule has 2 atom stereocenters. The highest BCUT2D eigenvalue weighted by molar-refractivity contribution is 6.34. The number of anilines is 1. The fraction of sp³-hybridized carbons (Fsp3) is 0.394.